The summed E-state index contributed by atoms with van der Waals surface area (Å²) in [6, 6.07) is 0. The van der Waals surface area contributed by atoms with E-state index in [9.17, 15) is 4.21 Å². The average molecular weight is 205 g/mol. The summed E-state index contributed by atoms with van der Waals surface area (Å²) in [4.78, 5) is 2.36. The Hall–Kier alpha value is 0.0700. The van der Waals surface area contributed by atoms with Crippen LogP contribution in [-0.4, -0.2) is 53.0 Å². The van der Waals surface area contributed by atoms with Crippen molar-refractivity contribution >= 4 is 10.8 Å². The first-order chi connectivity index (χ1) is 6.06. The first-order valence-electron chi connectivity index (χ1n) is 4.65. The summed E-state index contributed by atoms with van der Waals surface area (Å²) < 4.78 is 16.4. The van der Waals surface area contributed by atoms with E-state index >= 15 is 0 Å². The molecule has 0 aromatic carbocycles. The zero-order valence-corrected chi connectivity index (χ0v) is 9.52. The summed E-state index contributed by atoms with van der Waals surface area (Å²) in [5.74, 6) is 1.60. The topological polar surface area (TPSA) is 29.5 Å². The van der Waals surface area contributed by atoms with Gasteiger partial charge in [0.15, 0.2) is 0 Å². The van der Waals surface area contributed by atoms with Crippen molar-refractivity contribution in [3.05, 3.63) is 0 Å². The summed E-state index contributed by atoms with van der Waals surface area (Å²) in [5.41, 5.74) is 0.0711. The molecule has 0 aliphatic carbocycles. The van der Waals surface area contributed by atoms with Gasteiger partial charge in [-0.15, -0.1) is 0 Å². The molecule has 0 N–H and O–H groups in total. The molecule has 4 heteroatoms. The van der Waals surface area contributed by atoms with Gasteiger partial charge in [0, 0.05) is 48.0 Å². The van der Waals surface area contributed by atoms with E-state index in [1.807, 2.05) is 0 Å². The maximum atomic E-state index is 11.4. The Morgan fingerprint density at radius 2 is 2.23 bits per heavy atom. The molecule has 0 aromatic heterocycles. The molecule has 0 aromatic rings. The standard InChI is InChI=1S/C9H19NO2S/c1-9(2)8-13(11)7-5-10(9)4-6-12-3/h4-8H2,1-3H3. The van der Waals surface area contributed by atoms with Crippen molar-refractivity contribution < 1.29 is 8.95 Å². The van der Waals surface area contributed by atoms with Gasteiger partial charge in [0.05, 0.1) is 6.61 Å². The van der Waals surface area contributed by atoms with Gasteiger partial charge >= 0.3 is 0 Å². The molecule has 0 radical (unpaired) electrons. The maximum Gasteiger partial charge on any atom is 0.0589 e. The minimum Gasteiger partial charge on any atom is -0.383 e. The van der Waals surface area contributed by atoms with E-state index in [4.69, 9.17) is 4.74 Å². The first kappa shape index (κ1) is 11.1. The predicted octanol–water partition coefficient (Wildman–Crippen LogP) is 0.476. The Morgan fingerprint density at radius 1 is 1.54 bits per heavy atom. The molecule has 0 saturated carbocycles. The number of nitrogens with zero attached hydrogens (tertiary/aromatic N) is 1. The van der Waals surface area contributed by atoms with Crippen LogP contribution < -0.4 is 0 Å². The van der Waals surface area contributed by atoms with Crippen LogP contribution in [0.4, 0.5) is 0 Å². The second-order valence-electron chi connectivity index (χ2n) is 4.08. The number of hydrogen-bond donors (Lipinski definition) is 0. The molecule has 1 saturated heterocycles. The highest BCUT2D eigenvalue weighted by molar-refractivity contribution is 7.85. The molecule has 1 aliphatic rings. The molecule has 1 atom stereocenters. The average Bonchev–Trinajstić information content (AvgIpc) is 2.01. The van der Waals surface area contributed by atoms with E-state index in [-0.39, 0.29) is 5.54 Å². The third-order valence-corrected chi connectivity index (χ3v) is 4.19. The SMILES string of the molecule is COCCN1CCS(=O)CC1(C)C. The quantitative estimate of drug-likeness (QED) is 0.671. The highest BCUT2D eigenvalue weighted by Gasteiger charge is 2.32. The Kier molecular flexibility index (Phi) is 3.88. The minimum atomic E-state index is -0.618. The lowest BCUT2D eigenvalue weighted by Gasteiger charge is -2.41. The lowest BCUT2D eigenvalue weighted by molar-refractivity contribution is 0.0907. The molecular formula is C9H19NO2S. The smallest absolute Gasteiger partial charge is 0.0589 e. The molecule has 0 spiro atoms. The Labute approximate surface area is 82.9 Å². The number of hydrogen-bond acceptors (Lipinski definition) is 3. The molecular weight excluding hydrogens is 186 g/mol. The number of rotatable bonds is 3. The Morgan fingerprint density at radius 3 is 2.77 bits per heavy atom. The minimum absolute atomic E-state index is 0.0711. The predicted molar refractivity (Wildman–Crippen MR) is 55.4 cm³/mol. The van der Waals surface area contributed by atoms with Gasteiger partial charge in [-0.2, -0.15) is 0 Å². The first-order valence-corrected chi connectivity index (χ1v) is 6.14. The molecule has 1 unspecified atom stereocenters. The third kappa shape index (κ3) is 3.04. The van der Waals surface area contributed by atoms with Gasteiger partial charge in [0.1, 0.15) is 0 Å². The Bertz CT molecular complexity index is 194. The van der Waals surface area contributed by atoms with Crippen molar-refractivity contribution in [1.82, 2.24) is 4.90 Å². The van der Waals surface area contributed by atoms with Gasteiger partial charge in [0.2, 0.25) is 0 Å². The normalized spacial score (nSPS) is 29.0. The van der Waals surface area contributed by atoms with Crippen molar-refractivity contribution in [1.29, 1.82) is 0 Å². The summed E-state index contributed by atoms with van der Waals surface area (Å²) in [7, 11) is 1.10. The summed E-state index contributed by atoms with van der Waals surface area (Å²) in [6.45, 7) is 6.94. The van der Waals surface area contributed by atoms with Crippen LogP contribution >= 0.6 is 0 Å². The van der Waals surface area contributed by atoms with Crippen LogP contribution in [0.2, 0.25) is 0 Å². The summed E-state index contributed by atoms with van der Waals surface area (Å²) in [5, 5.41) is 0. The molecule has 78 valence electrons. The van der Waals surface area contributed by atoms with Crippen molar-refractivity contribution in [2.45, 2.75) is 19.4 Å². The van der Waals surface area contributed by atoms with E-state index in [0.717, 1.165) is 31.2 Å². The number of ether oxygens (including phenoxy) is 1. The summed E-state index contributed by atoms with van der Waals surface area (Å²) in [6.07, 6.45) is 0. The van der Waals surface area contributed by atoms with E-state index in [1.54, 1.807) is 7.11 Å². The van der Waals surface area contributed by atoms with Gasteiger partial charge in [-0.1, -0.05) is 0 Å². The fraction of sp³-hybridized carbons (Fsp3) is 1.00. The summed E-state index contributed by atoms with van der Waals surface area (Å²) >= 11 is 0. The lowest BCUT2D eigenvalue weighted by Crippen LogP contribution is -2.54. The lowest BCUT2D eigenvalue weighted by atomic mass is 10.1. The molecule has 1 fully saturated rings. The molecule has 0 amide bonds. The second kappa shape index (κ2) is 4.53. The zero-order valence-electron chi connectivity index (χ0n) is 8.71. The van der Waals surface area contributed by atoms with Gasteiger partial charge in [-0.3, -0.25) is 9.11 Å². The van der Waals surface area contributed by atoms with E-state index < -0.39 is 10.8 Å². The van der Waals surface area contributed by atoms with Crippen LogP contribution in [0.3, 0.4) is 0 Å². The third-order valence-electron chi connectivity index (χ3n) is 2.52. The molecule has 1 heterocycles. The van der Waals surface area contributed by atoms with Crippen LogP contribution in [0.15, 0.2) is 0 Å². The van der Waals surface area contributed by atoms with E-state index in [0.29, 0.717) is 0 Å². The monoisotopic (exact) mass is 205 g/mol. The van der Waals surface area contributed by atoms with Gasteiger partial charge in [-0.25, -0.2) is 0 Å². The molecule has 1 rings (SSSR count). The Balaban J connectivity index is 2.49. The number of methoxy groups -OCH3 is 1. The maximum absolute atomic E-state index is 11.4. The van der Waals surface area contributed by atoms with E-state index in [1.165, 1.54) is 0 Å². The van der Waals surface area contributed by atoms with Crippen molar-refractivity contribution in [3.63, 3.8) is 0 Å². The van der Waals surface area contributed by atoms with Crippen molar-refractivity contribution in [3.8, 4) is 0 Å². The largest absolute Gasteiger partial charge is 0.383 e. The van der Waals surface area contributed by atoms with Gasteiger partial charge in [0.25, 0.3) is 0 Å². The van der Waals surface area contributed by atoms with Gasteiger partial charge < -0.3 is 4.74 Å². The van der Waals surface area contributed by atoms with E-state index in [2.05, 4.69) is 18.7 Å². The van der Waals surface area contributed by atoms with Crippen LogP contribution in [0.25, 0.3) is 0 Å². The highest BCUT2D eigenvalue weighted by Crippen LogP contribution is 2.19. The molecule has 1 aliphatic heterocycles. The molecule has 13 heavy (non-hydrogen) atoms. The second-order valence-corrected chi connectivity index (χ2v) is 5.66. The molecule has 3 nitrogen and oxygen atoms in total. The van der Waals surface area contributed by atoms with Crippen molar-refractivity contribution in [2.24, 2.45) is 0 Å². The van der Waals surface area contributed by atoms with Crippen LogP contribution in [0.5, 0.6) is 0 Å². The van der Waals surface area contributed by atoms with Crippen LogP contribution in [-0.2, 0) is 15.5 Å². The van der Waals surface area contributed by atoms with Gasteiger partial charge in [-0.05, 0) is 13.8 Å². The highest BCUT2D eigenvalue weighted by atomic mass is 32.2. The van der Waals surface area contributed by atoms with Crippen LogP contribution in [0.1, 0.15) is 13.8 Å². The zero-order chi connectivity index (χ0) is 9.90. The fourth-order valence-electron chi connectivity index (χ4n) is 1.69. The van der Waals surface area contributed by atoms with Crippen molar-refractivity contribution in [2.75, 3.05) is 38.3 Å². The molecule has 0 bridgehead atoms. The fourth-order valence-corrected chi connectivity index (χ4v) is 3.23. The van der Waals surface area contributed by atoms with Crippen LogP contribution in [0, 0.1) is 0 Å².